The van der Waals surface area contributed by atoms with Crippen LogP contribution in [-0.2, 0) is 9.59 Å². The first kappa shape index (κ1) is 5.70. The number of rotatable bonds is 2. The Bertz CT molecular complexity index is 190. The van der Waals surface area contributed by atoms with Crippen molar-refractivity contribution in [3.8, 4) is 0 Å². The first-order valence-electron chi connectivity index (χ1n) is 3.10. The number of aliphatic carboxylic acids is 2. The van der Waals surface area contributed by atoms with Crippen LogP contribution in [0.4, 0.5) is 0 Å². The maximum atomic E-state index is 10.2. The van der Waals surface area contributed by atoms with Gasteiger partial charge in [0, 0.05) is 0 Å². The Morgan fingerprint density at radius 3 is 1.40 bits per heavy atom. The molecule has 0 aromatic heterocycles. The predicted molar refractivity (Wildman–Crippen MR) is 29.2 cm³/mol. The van der Waals surface area contributed by atoms with Crippen LogP contribution in [0.5, 0.6) is 0 Å². The smallest absolute Gasteiger partial charge is 0.307 e. The minimum atomic E-state index is -0.840. The van der Waals surface area contributed by atoms with E-state index in [0.29, 0.717) is 0 Å². The van der Waals surface area contributed by atoms with Crippen LogP contribution < -0.4 is 0 Å². The van der Waals surface area contributed by atoms with E-state index >= 15 is 0 Å². The van der Waals surface area contributed by atoms with E-state index in [1.807, 2.05) is 0 Å². The van der Waals surface area contributed by atoms with Crippen molar-refractivity contribution in [2.45, 2.75) is 0 Å². The number of hydrogen-bond donors (Lipinski definition) is 2. The second kappa shape index (κ2) is 1.33. The summed E-state index contributed by atoms with van der Waals surface area (Å²) in [6, 6.07) is 0. The molecule has 10 heavy (non-hydrogen) atoms. The Kier molecular flexibility index (Phi) is 0.760. The third-order valence-electron chi connectivity index (χ3n) is 2.39. The fourth-order valence-electron chi connectivity index (χ4n) is 1.68. The van der Waals surface area contributed by atoms with Gasteiger partial charge in [-0.1, -0.05) is 0 Å². The molecule has 0 atom stereocenters. The van der Waals surface area contributed by atoms with Crippen LogP contribution in [0.25, 0.3) is 0 Å². The number of hydrogen-bond acceptors (Lipinski definition) is 2. The van der Waals surface area contributed by atoms with E-state index in [-0.39, 0.29) is 23.7 Å². The molecule has 2 rings (SSSR count). The number of carboxylic acid groups (broad SMARTS) is 2. The van der Waals surface area contributed by atoms with E-state index in [1.165, 1.54) is 0 Å². The molecule has 0 aliphatic heterocycles. The Hall–Kier alpha value is -1.06. The lowest BCUT2D eigenvalue weighted by Gasteiger charge is -2.00. The standard InChI is InChI=1S/C6H6O4/c7-5(8)3-1-2(3)4(1)6(9)10/h1-4H,(H,7,8)(H,9,10). The van der Waals surface area contributed by atoms with Gasteiger partial charge in [-0.2, -0.15) is 0 Å². The fourth-order valence-corrected chi connectivity index (χ4v) is 1.68. The van der Waals surface area contributed by atoms with Gasteiger partial charge in [-0.15, -0.1) is 0 Å². The van der Waals surface area contributed by atoms with Gasteiger partial charge >= 0.3 is 11.9 Å². The molecular weight excluding hydrogens is 136 g/mol. The van der Waals surface area contributed by atoms with Crippen molar-refractivity contribution in [3.05, 3.63) is 0 Å². The SMILES string of the molecule is O=C(O)C1C2C(C(=O)O)C12. The van der Waals surface area contributed by atoms with E-state index in [2.05, 4.69) is 0 Å². The van der Waals surface area contributed by atoms with E-state index in [0.717, 1.165) is 0 Å². The Balaban J connectivity index is 1.92. The maximum absolute atomic E-state index is 10.2. The molecule has 0 heterocycles. The average Bonchev–Trinajstić information content (AvgIpc) is 2.40. The average molecular weight is 142 g/mol. The summed E-state index contributed by atoms with van der Waals surface area (Å²) in [6.07, 6.45) is 0. The Morgan fingerprint density at radius 2 is 1.20 bits per heavy atom. The van der Waals surface area contributed by atoms with Crippen LogP contribution in [0.2, 0.25) is 0 Å². The second-order valence-electron chi connectivity index (χ2n) is 2.88. The van der Waals surface area contributed by atoms with Crippen LogP contribution in [-0.4, -0.2) is 22.2 Å². The number of carboxylic acids is 2. The molecular formula is C6H6O4. The van der Waals surface area contributed by atoms with Crippen molar-refractivity contribution in [1.82, 2.24) is 0 Å². The summed E-state index contributed by atoms with van der Waals surface area (Å²) in [5, 5.41) is 16.7. The third kappa shape index (κ3) is 0.465. The van der Waals surface area contributed by atoms with Gasteiger partial charge in [-0.3, -0.25) is 9.59 Å². The molecule has 0 bridgehead atoms. The van der Waals surface area contributed by atoms with Crippen molar-refractivity contribution in [2.24, 2.45) is 23.7 Å². The van der Waals surface area contributed by atoms with Crippen molar-refractivity contribution >= 4 is 11.9 Å². The van der Waals surface area contributed by atoms with Gasteiger partial charge in [0.15, 0.2) is 0 Å². The van der Waals surface area contributed by atoms with Gasteiger partial charge in [0.2, 0.25) is 0 Å². The van der Waals surface area contributed by atoms with Crippen LogP contribution in [0.3, 0.4) is 0 Å². The van der Waals surface area contributed by atoms with Gasteiger partial charge in [-0.25, -0.2) is 0 Å². The third-order valence-corrected chi connectivity index (χ3v) is 2.39. The molecule has 4 heteroatoms. The summed E-state index contributed by atoms with van der Waals surface area (Å²) in [4.78, 5) is 20.4. The van der Waals surface area contributed by atoms with Crippen molar-refractivity contribution in [2.75, 3.05) is 0 Å². The van der Waals surface area contributed by atoms with E-state index in [9.17, 15) is 9.59 Å². The molecule has 2 N–H and O–H groups in total. The van der Waals surface area contributed by atoms with Crippen molar-refractivity contribution < 1.29 is 19.8 Å². The zero-order valence-corrected chi connectivity index (χ0v) is 5.02. The zero-order valence-electron chi connectivity index (χ0n) is 5.02. The molecule has 0 aromatic carbocycles. The largest absolute Gasteiger partial charge is 0.481 e. The van der Waals surface area contributed by atoms with Gasteiger partial charge in [0.25, 0.3) is 0 Å². The van der Waals surface area contributed by atoms with Crippen LogP contribution in [0, 0.1) is 23.7 Å². The maximum Gasteiger partial charge on any atom is 0.307 e. The molecule has 2 fully saturated rings. The van der Waals surface area contributed by atoms with E-state index in [1.54, 1.807) is 0 Å². The topological polar surface area (TPSA) is 74.6 Å². The molecule has 0 radical (unpaired) electrons. The number of fused-ring (bicyclic) bond motifs is 1. The van der Waals surface area contributed by atoms with Gasteiger partial charge in [-0.05, 0) is 11.8 Å². The summed E-state index contributed by atoms with van der Waals surface area (Å²) in [5.41, 5.74) is 0. The highest BCUT2D eigenvalue weighted by Gasteiger charge is 2.79. The Morgan fingerprint density at radius 1 is 0.900 bits per heavy atom. The molecule has 0 spiro atoms. The number of carbonyl (C=O) groups is 2. The van der Waals surface area contributed by atoms with Crippen LogP contribution in [0.1, 0.15) is 0 Å². The van der Waals surface area contributed by atoms with E-state index < -0.39 is 11.9 Å². The van der Waals surface area contributed by atoms with Crippen LogP contribution in [0.15, 0.2) is 0 Å². The fraction of sp³-hybridized carbons (Fsp3) is 0.667. The summed E-state index contributed by atoms with van der Waals surface area (Å²) in [6.45, 7) is 0. The molecule has 4 nitrogen and oxygen atoms in total. The molecule has 2 aliphatic carbocycles. The molecule has 54 valence electrons. The summed E-state index contributed by atoms with van der Waals surface area (Å²) in [5.74, 6) is -2.41. The monoisotopic (exact) mass is 142 g/mol. The molecule has 0 aromatic rings. The normalized spacial score (nSPS) is 47.6. The minimum Gasteiger partial charge on any atom is -0.481 e. The lowest BCUT2D eigenvalue weighted by atomic mass is 10.1. The van der Waals surface area contributed by atoms with Crippen LogP contribution >= 0.6 is 0 Å². The summed E-state index contributed by atoms with van der Waals surface area (Å²) in [7, 11) is 0. The molecule has 2 saturated carbocycles. The highest BCUT2D eigenvalue weighted by molar-refractivity contribution is 5.86. The van der Waals surface area contributed by atoms with Gasteiger partial charge in [0.1, 0.15) is 0 Å². The van der Waals surface area contributed by atoms with E-state index in [4.69, 9.17) is 10.2 Å². The quantitative estimate of drug-likeness (QED) is 0.552. The molecule has 0 amide bonds. The van der Waals surface area contributed by atoms with Gasteiger partial charge in [0.05, 0.1) is 11.8 Å². The van der Waals surface area contributed by atoms with Crippen molar-refractivity contribution in [1.29, 1.82) is 0 Å². The predicted octanol–water partition coefficient (Wildman–Crippen LogP) is -0.352. The highest BCUT2D eigenvalue weighted by Crippen LogP contribution is 2.73. The van der Waals surface area contributed by atoms with Gasteiger partial charge < -0.3 is 10.2 Å². The first-order valence-corrected chi connectivity index (χ1v) is 3.10. The second-order valence-corrected chi connectivity index (χ2v) is 2.88. The van der Waals surface area contributed by atoms with Crippen molar-refractivity contribution in [3.63, 3.8) is 0 Å². The highest BCUT2D eigenvalue weighted by atomic mass is 16.4. The minimum absolute atomic E-state index is 0.0324. The lowest BCUT2D eigenvalue weighted by Crippen LogP contribution is -2.17. The molecule has 0 saturated heterocycles. The first-order chi connectivity index (χ1) is 4.64. The zero-order chi connectivity index (χ0) is 7.46. The molecule has 2 aliphatic rings. The Labute approximate surface area is 56.5 Å². The summed E-state index contributed by atoms with van der Waals surface area (Å²) >= 11 is 0. The lowest BCUT2D eigenvalue weighted by molar-refractivity contribution is -0.144. The molecule has 0 unspecified atom stereocenters. The summed E-state index contributed by atoms with van der Waals surface area (Å²) < 4.78 is 0.